The van der Waals surface area contributed by atoms with Crippen LogP contribution in [0.1, 0.15) is 45.4 Å². The maximum atomic E-state index is 10.8. The summed E-state index contributed by atoms with van der Waals surface area (Å²) >= 11 is 0. The molecule has 1 atom stereocenters. The zero-order chi connectivity index (χ0) is 24.3. The summed E-state index contributed by atoms with van der Waals surface area (Å²) in [5.74, 6) is 2.12. The van der Waals surface area contributed by atoms with Crippen molar-refractivity contribution >= 4 is 5.88 Å². The number of aromatic nitrogens is 1. The van der Waals surface area contributed by atoms with E-state index in [1.54, 1.807) is 6.26 Å². The summed E-state index contributed by atoms with van der Waals surface area (Å²) in [6.07, 6.45) is 2.05. The van der Waals surface area contributed by atoms with Crippen molar-refractivity contribution in [3.63, 3.8) is 0 Å². The molecule has 34 heavy (non-hydrogen) atoms. The minimum absolute atomic E-state index is 0.247. The van der Waals surface area contributed by atoms with Gasteiger partial charge in [-0.3, -0.25) is 4.90 Å². The Morgan fingerprint density at radius 3 is 2.47 bits per heavy atom. The highest BCUT2D eigenvalue weighted by atomic mass is 16.5. The van der Waals surface area contributed by atoms with Crippen LogP contribution in [0.5, 0.6) is 0 Å². The number of hydrogen-bond donors (Lipinski definition) is 1. The molecule has 3 aromatic rings. The smallest absolute Gasteiger partial charge is 0.232 e. The third kappa shape index (κ3) is 7.45. The van der Waals surface area contributed by atoms with Gasteiger partial charge in [0, 0.05) is 31.7 Å². The van der Waals surface area contributed by atoms with Crippen molar-refractivity contribution < 1.29 is 18.8 Å². The molecular weight excluding hydrogens is 430 g/mol. The lowest BCUT2D eigenvalue weighted by Crippen LogP contribution is -2.36. The highest BCUT2D eigenvalue weighted by Crippen LogP contribution is 2.32. The minimum atomic E-state index is -0.612. The molecule has 0 aliphatic carbocycles. The molecule has 0 radical (unpaired) electrons. The van der Waals surface area contributed by atoms with E-state index in [-0.39, 0.29) is 6.61 Å². The number of rotatable bonds is 15. The molecule has 1 aromatic carbocycles. The molecule has 0 aliphatic rings. The van der Waals surface area contributed by atoms with Gasteiger partial charge in [-0.1, -0.05) is 49.3 Å². The van der Waals surface area contributed by atoms with Crippen molar-refractivity contribution in [1.29, 1.82) is 0 Å². The van der Waals surface area contributed by atoms with Crippen molar-refractivity contribution in [1.82, 2.24) is 10.1 Å². The lowest BCUT2D eigenvalue weighted by Gasteiger charge is -2.27. The summed E-state index contributed by atoms with van der Waals surface area (Å²) < 4.78 is 16.9. The van der Waals surface area contributed by atoms with Crippen LogP contribution in [0.4, 0.5) is 5.88 Å². The monoisotopic (exact) mass is 469 g/mol. The fourth-order valence-corrected chi connectivity index (χ4v) is 3.97. The number of aliphatic hydroxyl groups is 1. The normalized spacial score (nSPS) is 12.6. The molecule has 0 unspecified atom stereocenters. The van der Waals surface area contributed by atoms with E-state index in [0.29, 0.717) is 25.6 Å². The second-order valence-corrected chi connectivity index (χ2v) is 9.02. The SMILES string of the molecule is CCN(CC)c1onc(-c2ccccc2)c1CN(CCC(C)C)C[C@@H](O)COCc1ccco1. The molecule has 2 aromatic heterocycles. The summed E-state index contributed by atoms with van der Waals surface area (Å²) in [6, 6.07) is 13.9. The van der Waals surface area contributed by atoms with Crippen LogP contribution in [-0.4, -0.2) is 54.1 Å². The van der Waals surface area contributed by atoms with E-state index in [4.69, 9.17) is 13.7 Å². The van der Waals surface area contributed by atoms with Crippen molar-refractivity contribution in [2.24, 2.45) is 5.92 Å². The maximum Gasteiger partial charge on any atom is 0.232 e. The highest BCUT2D eigenvalue weighted by molar-refractivity contribution is 5.68. The number of benzene rings is 1. The van der Waals surface area contributed by atoms with Gasteiger partial charge in [0.25, 0.3) is 0 Å². The van der Waals surface area contributed by atoms with Crippen molar-refractivity contribution in [2.75, 3.05) is 37.7 Å². The predicted octanol–water partition coefficient (Wildman–Crippen LogP) is 5.21. The Balaban J connectivity index is 1.77. The second kappa shape index (κ2) is 13.3. The van der Waals surface area contributed by atoms with Crippen molar-refractivity contribution in [2.45, 2.75) is 53.4 Å². The van der Waals surface area contributed by atoms with E-state index in [0.717, 1.165) is 54.5 Å². The van der Waals surface area contributed by atoms with Crippen molar-refractivity contribution in [3.05, 3.63) is 60.1 Å². The zero-order valence-electron chi connectivity index (χ0n) is 20.9. The highest BCUT2D eigenvalue weighted by Gasteiger charge is 2.24. The van der Waals surface area contributed by atoms with Crippen LogP contribution in [0.3, 0.4) is 0 Å². The number of hydrogen-bond acceptors (Lipinski definition) is 7. The summed E-state index contributed by atoms with van der Waals surface area (Å²) in [6.45, 7) is 13.0. The molecule has 0 saturated carbocycles. The molecule has 7 nitrogen and oxygen atoms in total. The molecule has 0 aliphatic heterocycles. The summed E-state index contributed by atoms with van der Waals surface area (Å²) in [5, 5.41) is 15.2. The zero-order valence-corrected chi connectivity index (χ0v) is 20.9. The Morgan fingerprint density at radius 1 is 1.06 bits per heavy atom. The van der Waals surface area contributed by atoms with Gasteiger partial charge >= 0.3 is 0 Å². The van der Waals surface area contributed by atoms with E-state index in [1.807, 2.05) is 30.3 Å². The van der Waals surface area contributed by atoms with Gasteiger partial charge in [-0.15, -0.1) is 0 Å². The largest absolute Gasteiger partial charge is 0.467 e. The quantitative estimate of drug-likeness (QED) is 0.328. The number of furan rings is 1. The van der Waals surface area contributed by atoms with Gasteiger partial charge in [0.05, 0.1) is 24.5 Å². The molecule has 0 fully saturated rings. The van der Waals surface area contributed by atoms with E-state index in [1.165, 1.54) is 0 Å². The van der Waals surface area contributed by atoms with Crippen LogP contribution < -0.4 is 4.90 Å². The van der Waals surface area contributed by atoms with Crippen molar-refractivity contribution in [3.8, 4) is 11.3 Å². The van der Waals surface area contributed by atoms with Crippen LogP contribution in [0.2, 0.25) is 0 Å². The average Bonchev–Trinajstić information content (AvgIpc) is 3.49. The first-order valence-corrected chi connectivity index (χ1v) is 12.3. The summed E-state index contributed by atoms with van der Waals surface area (Å²) in [4.78, 5) is 4.48. The van der Waals surface area contributed by atoms with Gasteiger partial charge in [-0.05, 0) is 44.9 Å². The van der Waals surface area contributed by atoms with Gasteiger partial charge in [0.15, 0.2) is 0 Å². The van der Waals surface area contributed by atoms with Crippen LogP contribution >= 0.6 is 0 Å². The van der Waals surface area contributed by atoms with Gasteiger partial charge < -0.3 is 23.7 Å². The van der Waals surface area contributed by atoms with E-state index < -0.39 is 6.10 Å². The maximum absolute atomic E-state index is 10.8. The molecule has 2 heterocycles. The molecule has 186 valence electrons. The molecule has 0 amide bonds. The third-order valence-corrected chi connectivity index (χ3v) is 5.87. The topological polar surface area (TPSA) is 75.1 Å². The molecule has 1 N–H and O–H groups in total. The molecule has 0 spiro atoms. The Bertz CT molecular complexity index is 936. The van der Waals surface area contributed by atoms with E-state index in [2.05, 4.69) is 54.8 Å². The first-order valence-electron chi connectivity index (χ1n) is 12.3. The first kappa shape index (κ1) is 26.0. The standard InChI is InChI=1S/C27H39N3O4/c1-5-30(6-2)27-25(26(28-34-27)22-11-8-7-9-12-22)18-29(15-14-21(3)4)17-23(31)19-32-20-24-13-10-16-33-24/h7-13,16,21,23,31H,5-6,14-15,17-20H2,1-4H3/t23-/m1/s1. The number of anilines is 1. The van der Waals surface area contributed by atoms with Gasteiger partial charge in [0.1, 0.15) is 18.1 Å². The molecule has 3 rings (SSSR count). The van der Waals surface area contributed by atoms with Crippen LogP contribution in [0, 0.1) is 5.92 Å². The van der Waals surface area contributed by atoms with Gasteiger partial charge in [0.2, 0.25) is 5.88 Å². The Morgan fingerprint density at radius 2 is 1.82 bits per heavy atom. The molecule has 0 saturated heterocycles. The van der Waals surface area contributed by atoms with Crippen LogP contribution in [-0.2, 0) is 17.9 Å². The summed E-state index contributed by atoms with van der Waals surface area (Å²) in [5.41, 5.74) is 2.95. The predicted molar refractivity (Wildman–Crippen MR) is 135 cm³/mol. The minimum Gasteiger partial charge on any atom is -0.467 e. The van der Waals surface area contributed by atoms with Gasteiger partial charge in [-0.2, -0.15) is 0 Å². The molecule has 7 heteroatoms. The summed E-state index contributed by atoms with van der Waals surface area (Å²) in [7, 11) is 0. The van der Waals surface area contributed by atoms with E-state index >= 15 is 0 Å². The number of aliphatic hydroxyl groups excluding tert-OH is 1. The average molecular weight is 470 g/mol. The Kier molecular flexibility index (Phi) is 10.2. The third-order valence-electron chi connectivity index (χ3n) is 5.87. The van der Waals surface area contributed by atoms with Gasteiger partial charge in [-0.25, -0.2) is 0 Å². The van der Waals surface area contributed by atoms with Crippen LogP contribution in [0.15, 0.2) is 57.7 Å². The first-order chi connectivity index (χ1) is 16.5. The fourth-order valence-electron chi connectivity index (χ4n) is 3.97. The van der Waals surface area contributed by atoms with Crippen LogP contribution in [0.25, 0.3) is 11.3 Å². The Labute approximate surface area is 203 Å². The second-order valence-electron chi connectivity index (χ2n) is 9.02. The molecule has 0 bridgehead atoms. The molecular formula is C27H39N3O4. The number of ether oxygens (including phenoxy) is 1. The van der Waals surface area contributed by atoms with E-state index in [9.17, 15) is 5.11 Å². The lowest BCUT2D eigenvalue weighted by molar-refractivity contribution is 0.00327. The fraction of sp³-hybridized carbons (Fsp3) is 0.519. The number of nitrogens with zero attached hydrogens (tertiary/aromatic N) is 3. The lowest BCUT2D eigenvalue weighted by atomic mass is 10.1. The Hall–Kier alpha value is -2.61.